The third-order valence-electron chi connectivity index (χ3n) is 2.52. The molecule has 0 aliphatic rings. The lowest BCUT2D eigenvalue weighted by molar-refractivity contribution is 0.0915. The van der Waals surface area contributed by atoms with E-state index in [0.29, 0.717) is 18.1 Å². The maximum Gasteiger partial charge on any atom is 0.333 e. The maximum atomic E-state index is 11.7. The maximum absolute atomic E-state index is 11.7. The Labute approximate surface area is 119 Å². The normalized spacial score (nSPS) is 10.0. The van der Waals surface area contributed by atoms with Gasteiger partial charge in [0.05, 0.1) is 0 Å². The first-order chi connectivity index (χ1) is 10.1. The first kappa shape index (κ1) is 14.5. The van der Waals surface area contributed by atoms with Crippen molar-refractivity contribution >= 4 is 17.6 Å². The lowest BCUT2D eigenvalue weighted by atomic mass is 10.2. The smallest absolute Gasteiger partial charge is 0.333 e. The van der Waals surface area contributed by atoms with Gasteiger partial charge in [-0.25, -0.2) is 10.6 Å². The molecule has 3 amide bonds. The van der Waals surface area contributed by atoms with Crippen molar-refractivity contribution in [3.63, 3.8) is 0 Å². The van der Waals surface area contributed by atoms with Gasteiger partial charge in [-0.1, -0.05) is 12.1 Å². The molecular weight excluding hydrogens is 276 g/mol. The Morgan fingerprint density at radius 2 is 1.95 bits per heavy atom. The number of amides is 3. The molecule has 0 aliphatic heterocycles. The van der Waals surface area contributed by atoms with E-state index < -0.39 is 11.9 Å². The van der Waals surface area contributed by atoms with Crippen molar-refractivity contribution in [1.29, 1.82) is 0 Å². The van der Waals surface area contributed by atoms with Crippen LogP contribution in [0.15, 0.2) is 28.7 Å². The molecule has 0 saturated heterocycles. The fourth-order valence-electron chi connectivity index (χ4n) is 1.52. The molecule has 0 unspecified atom stereocenters. The minimum atomic E-state index is -0.511. The highest BCUT2D eigenvalue weighted by Crippen LogP contribution is 2.09. The van der Waals surface area contributed by atoms with E-state index in [-0.39, 0.29) is 5.89 Å². The van der Waals surface area contributed by atoms with Crippen LogP contribution in [0.2, 0.25) is 0 Å². The van der Waals surface area contributed by atoms with Crippen LogP contribution >= 0.6 is 0 Å². The van der Waals surface area contributed by atoms with Crippen molar-refractivity contribution in [1.82, 2.24) is 20.9 Å². The van der Waals surface area contributed by atoms with Gasteiger partial charge in [0.15, 0.2) is 0 Å². The zero-order valence-corrected chi connectivity index (χ0v) is 11.2. The van der Waals surface area contributed by atoms with Crippen molar-refractivity contribution < 1.29 is 14.0 Å². The number of rotatable bonds is 4. The summed E-state index contributed by atoms with van der Waals surface area (Å²) in [6.07, 6.45) is 0. The number of carbonyl (C=O) groups excluding carboxylic acids is 2. The molecule has 5 N–H and O–H groups in total. The number of nitrogens with two attached hydrogens (primary N) is 1. The number of hydrazine groups is 1. The molecule has 1 heterocycles. The van der Waals surface area contributed by atoms with Crippen LogP contribution in [0, 0.1) is 6.92 Å². The quantitative estimate of drug-likeness (QED) is 0.363. The third kappa shape index (κ3) is 4.01. The van der Waals surface area contributed by atoms with Crippen molar-refractivity contribution in [2.45, 2.75) is 13.5 Å². The van der Waals surface area contributed by atoms with Crippen LogP contribution in [0.4, 0.5) is 10.5 Å². The zero-order chi connectivity index (χ0) is 15.2. The number of nitrogens with one attached hydrogen (secondary N) is 3. The van der Waals surface area contributed by atoms with Crippen LogP contribution in [0.3, 0.4) is 0 Å². The molecule has 9 heteroatoms. The third-order valence-corrected chi connectivity index (χ3v) is 2.52. The van der Waals surface area contributed by atoms with E-state index in [1.807, 2.05) is 5.43 Å². The molecule has 0 aliphatic carbocycles. The minimum Gasteiger partial charge on any atom is -0.417 e. The molecule has 9 nitrogen and oxygen atoms in total. The zero-order valence-electron chi connectivity index (χ0n) is 11.2. The van der Waals surface area contributed by atoms with E-state index >= 15 is 0 Å². The summed E-state index contributed by atoms with van der Waals surface area (Å²) in [5, 5.41) is 12.4. The molecule has 2 aromatic rings. The molecule has 0 fully saturated rings. The number of hydrogen-bond donors (Lipinski definition) is 4. The van der Waals surface area contributed by atoms with Gasteiger partial charge in [0.2, 0.25) is 5.89 Å². The SMILES string of the molecule is Cc1nnc(C(=O)NCc2ccc(NC(=O)NN)cc2)o1. The van der Waals surface area contributed by atoms with Crippen LogP contribution in [-0.4, -0.2) is 22.1 Å². The van der Waals surface area contributed by atoms with Crippen molar-refractivity contribution in [3.8, 4) is 0 Å². The second-order valence-electron chi connectivity index (χ2n) is 4.10. The van der Waals surface area contributed by atoms with Gasteiger partial charge >= 0.3 is 17.8 Å². The van der Waals surface area contributed by atoms with Crippen molar-refractivity contribution in [2.75, 3.05) is 5.32 Å². The van der Waals surface area contributed by atoms with Gasteiger partial charge < -0.3 is 15.1 Å². The van der Waals surface area contributed by atoms with E-state index in [2.05, 4.69) is 20.8 Å². The molecule has 0 spiro atoms. The highest BCUT2D eigenvalue weighted by atomic mass is 16.4. The molecule has 1 aromatic carbocycles. The Hall–Kier alpha value is -2.94. The summed E-state index contributed by atoms with van der Waals surface area (Å²) in [7, 11) is 0. The first-order valence-corrected chi connectivity index (χ1v) is 6.03. The van der Waals surface area contributed by atoms with E-state index in [0.717, 1.165) is 5.56 Å². The van der Waals surface area contributed by atoms with Crippen LogP contribution in [0.25, 0.3) is 0 Å². The summed E-state index contributed by atoms with van der Waals surface area (Å²) in [4.78, 5) is 22.7. The molecule has 1 aromatic heterocycles. The van der Waals surface area contributed by atoms with Gasteiger partial charge in [-0.2, -0.15) is 0 Å². The number of benzene rings is 1. The van der Waals surface area contributed by atoms with E-state index in [1.54, 1.807) is 31.2 Å². The van der Waals surface area contributed by atoms with Crippen LogP contribution < -0.4 is 21.9 Å². The highest BCUT2D eigenvalue weighted by molar-refractivity contribution is 5.89. The van der Waals surface area contributed by atoms with Crippen LogP contribution in [-0.2, 0) is 6.54 Å². The molecule has 0 saturated carbocycles. The Balaban J connectivity index is 1.89. The largest absolute Gasteiger partial charge is 0.417 e. The summed E-state index contributed by atoms with van der Waals surface area (Å²) >= 11 is 0. The number of aromatic nitrogens is 2. The summed E-state index contributed by atoms with van der Waals surface area (Å²) < 4.78 is 5.01. The lowest BCUT2D eigenvalue weighted by Crippen LogP contribution is -2.34. The van der Waals surface area contributed by atoms with Gasteiger partial charge in [-0.15, -0.1) is 10.2 Å². The van der Waals surface area contributed by atoms with Crippen LogP contribution in [0.1, 0.15) is 22.1 Å². The van der Waals surface area contributed by atoms with Gasteiger partial charge in [0.1, 0.15) is 0 Å². The predicted octanol–water partition coefficient (Wildman–Crippen LogP) is 0.303. The van der Waals surface area contributed by atoms with E-state index in [4.69, 9.17) is 10.3 Å². The van der Waals surface area contributed by atoms with Crippen molar-refractivity contribution in [3.05, 3.63) is 41.6 Å². The molecule has 0 radical (unpaired) electrons. The second kappa shape index (κ2) is 6.48. The topological polar surface area (TPSA) is 135 Å². The monoisotopic (exact) mass is 290 g/mol. The fraction of sp³-hybridized carbons (Fsp3) is 0.167. The van der Waals surface area contributed by atoms with E-state index in [9.17, 15) is 9.59 Å². The molecule has 0 bridgehead atoms. The Kier molecular flexibility index (Phi) is 4.46. The molecule has 110 valence electrons. The van der Waals surface area contributed by atoms with Gasteiger partial charge in [0, 0.05) is 19.2 Å². The number of hydrogen-bond acceptors (Lipinski definition) is 6. The summed E-state index contributed by atoms with van der Waals surface area (Å²) in [5.41, 5.74) is 3.39. The minimum absolute atomic E-state index is 0.0783. The molecular formula is C12H14N6O3. The number of urea groups is 1. The molecule has 0 atom stereocenters. The van der Waals surface area contributed by atoms with Crippen LogP contribution in [0.5, 0.6) is 0 Å². The van der Waals surface area contributed by atoms with Gasteiger partial charge in [0.25, 0.3) is 0 Å². The second-order valence-corrected chi connectivity index (χ2v) is 4.10. The lowest BCUT2D eigenvalue weighted by Gasteiger charge is -2.06. The molecule has 21 heavy (non-hydrogen) atoms. The average Bonchev–Trinajstić information content (AvgIpc) is 2.92. The number of anilines is 1. The summed E-state index contributed by atoms with van der Waals surface area (Å²) in [6, 6.07) is 6.38. The predicted molar refractivity (Wildman–Crippen MR) is 73.0 cm³/mol. The number of nitrogens with zero attached hydrogens (tertiary/aromatic N) is 2. The molecule has 2 rings (SSSR count). The Bertz CT molecular complexity index is 637. The Morgan fingerprint density at radius 3 is 2.52 bits per heavy atom. The summed E-state index contributed by atoms with van der Waals surface area (Å²) in [5.74, 6) is 4.76. The number of aryl methyl sites for hydroxylation is 1. The van der Waals surface area contributed by atoms with Gasteiger partial charge in [-0.3, -0.25) is 10.2 Å². The number of carbonyl (C=O) groups is 2. The first-order valence-electron chi connectivity index (χ1n) is 6.03. The highest BCUT2D eigenvalue weighted by Gasteiger charge is 2.12. The fourth-order valence-corrected chi connectivity index (χ4v) is 1.52. The average molecular weight is 290 g/mol. The van der Waals surface area contributed by atoms with Gasteiger partial charge in [-0.05, 0) is 17.7 Å². The standard InChI is InChI=1S/C12H14N6O3/c1-7-17-18-11(21-7)10(19)14-6-8-2-4-9(5-3-8)15-12(20)16-13/h2-5H,6,13H2,1H3,(H,14,19)(H2,15,16,20). The summed E-state index contributed by atoms with van der Waals surface area (Å²) in [6.45, 7) is 1.90. The van der Waals surface area contributed by atoms with E-state index in [1.165, 1.54) is 0 Å². The van der Waals surface area contributed by atoms with Crippen molar-refractivity contribution in [2.24, 2.45) is 5.84 Å². The Morgan fingerprint density at radius 1 is 1.24 bits per heavy atom.